The summed E-state index contributed by atoms with van der Waals surface area (Å²) in [6.45, 7) is 1.40. The first-order chi connectivity index (χ1) is 16.7. The van der Waals surface area contributed by atoms with Crippen LogP contribution in [0.25, 0.3) is 33.4 Å². The van der Waals surface area contributed by atoms with Gasteiger partial charge in [-0.2, -0.15) is 0 Å². The number of benzene rings is 2. The van der Waals surface area contributed by atoms with Crippen LogP contribution < -0.4 is 10.4 Å². The fraction of sp³-hybridized carbons (Fsp3) is 0.130. The van der Waals surface area contributed by atoms with Crippen molar-refractivity contribution in [3.63, 3.8) is 0 Å². The van der Waals surface area contributed by atoms with Crippen molar-refractivity contribution in [3.8, 4) is 22.5 Å². The van der Waals surface area contributed by atoms with Gasteiger partial charge in [0.2, 0.25) is 5.95 Å². The highest BCUT2D eigenvalue weighted by atomic mass is 16.5. The zero-order valence-corrected chi connectivity index (χ0v) is 17.9. The number of anilines is 1. The summed E-state index contributed by atoms with van der Waals surface area (Å²) in [5.41, 5.74) is 8.37. The van der Waals surface area contributed by atoms with E-state index in [9.17, 15) is 4.79 Å². The Bertz CT molecular complexity index is 1490. The first-order valence-corrected chi connectivity index (χ1v) is 10.7. The van der Waals surface area contributed by atoms with Crippen LogP contribution in [0.2, 0.25) is 0 Å². The van der Waals surface area contributed by atoms with Gasteiger partial charge in [-0.15, -0.1) is 5.10 Å². The number of carbonyl (C=O) groups excluding carboxylic acids is 1. The Morgan fingerprint density at radius 1 is 1.06 bits per heavy atom. The highest BCUT2D eigenvalue weighted by Gasteiger charge is 2.23. The minimum atomic E-state index is -0.639. The van der Waals surface area contributed by atoms with E-state index in [-0.39, 0.29) is 5.56 Å². The largest absolute Gasteiger partial charge is 0.358 e. The zero-order chi connectivity index (χ0) is 23.1. The molecule has 1 amide bonds. The van der Waals surface area contributed by atoms with E-state index in [2.05, 4.69) is 70.8 Å². The fourth-order valence-corrected chi connectivity index (χ4v) is 4.36. The summed E-state index contributed by atoms with van der Waals surface area (Å²) in [6.07, 6.45) is 3.65. The molecular formula is C23H19N9O2. The molecule has 0 bridgehead atoms. The Hall–Kier alpha value is -4.64. The SMILES string of the molecule is O=C(NO)c1cnc(N2CCc3[nH]c4ccc(-c5cccc(-c6nnn[nH]6)c5)cc4c3C2)nc1. The first-order valence-electron chi connectivity index (χ1n) is 10.7. The Morgan fingerprint density at radius 2 is 1.88 bits per heavy atom. The molecule has 0 unspecified atom stereocenters. The van der Waals surface area contributed by atoms with Crippen LogP contribution in [-0.2, 0) is 13.0 Å². The van der Waals surface area contributed by atoms with Gasteiger partial charge < -0.3 is 9.88 Å². The second-order valence-electron chi connectivity index (χ2n) is 8.06. The van der Waals surface area contributed by atoms with Gasteiger partial charge in [-0.3, -0.25) is 10.0 Å². The molecular weight excluding hydrogens is 434 g/mol. The lowest BCUT2D eigenvalue weighted by Gasteiger charge is -2.27. The maximum atomic E-state index is 11.5. The molecule has 0 fully saturated rings. The summed E-state index contributed by atoms with van der Waals surface area (Å²) in [6, 6.07) is 14.5. The highest BCUT2D eigenvalue weighted by Crippen LogP contribution is 2.33. The molecule has 0 aliphatic carbocycles. The van der Waals surface area contributed by atoms with Crippen LogP contribution in [0.4, 0.5) is 5.95 Å². The molecule has 168 valence electrons. The van der Waals surface area contributed by atoms with Gasteiger partial charge in [-0.25, -0.2) is 20.5 Å². The van der Waals surface area contributed by atoms with Gasteiger partial charge >= 0.3 is 0 Å². The van der Waals surface area contributed by atoms with Gasteiger partial charge in [0.15, 0.2) is 5.82 Å². The molecule has 3 aromatic heterocycles. The number of fused-ring (bicyclic) bond motifs is 3. The van der Waals surface area contributed by atoms with Crippen molar-refractivity contribution in [3.05, 3.63) is 71.7 Å². The predicted molar refractivity (Wildman–Crippen MR) is 123 cm³/mol. The number of carbonyl (C=O) groups is 1. The molecule has 0 saturated carbocycles. The molecule has 4 N–H and O–H groups in total. The molecule has 0 spiro atoms. The second kappa shape index (κ2) is 8.05. The van der Waals surface area contributed by atoms with Gasteiger partial charge in [0.1, 0.15) is 0 Å². The fourth-order valence-electron chi connectivity index (χ4n) is 4.36. The van der Waals surface area contributed by atoms with Crippen LogP contribution in [-0.4, -0.2) is 53.2 Å². The molecule has 0 saturated heterocycles. The normalized spacial score (nSPS) is 13.1. The lowest BCUT2D eigenvalue weighted by molar-refractivity contribution is 0.0705. The Labute approximate surface area is 192 Å². The van der Waals surface area contributed by atoms with Crippen LogP contribution in [0.3, 0.4) is 0 Å². The van der Waals surface area contributed by atoms with E-state index in [1.54, 1.807) is 5.48 Å². The number of aromatic amines is 2. The summed E-state index contributed by atoms with van der Waals surface area (Å²) in [5, 5.41) is 24.1. The Morgan fingerprint density at radius 3 is 2.68 bits per heavy atom. The molecule has 5 aromatic rings. The third-order valence-corrected chi connectivity index (χ3v) is 6.07. The molecule has 1 aliphatic heterocycles. The van der Waals surface area contributed by atoms with E-state index in [1.807, 2.05) is 12.1 Å². The maximum absolute atomic E-state index is 11.5. The number of H-pyrrole nitrogens is 2. The molecule has 4 heterocycles. The third-order valence-electron chi connectivity index (χ3n) is 6.07. The summed E-state index contributed by atoms with van der Waals surface area (Å²) in [5.74, 6) is 0.527. The summed E-state index contributed by atoms with van der Waals surface area (Å²) < 4.78 is 0. The van der Waals surface area contributed by atoms with Gasteiger partial charge in [-0.05, 0) is 39.8 Å². The number of nitrogens with one attached hydrogen (secondary N) is 3. The molecule has 11 heteroatoms. The van der Waals surface area contributed by atoms with Crippen LogP contribution in [0.5, 0.6) is 0 Å². The van der Waals surface area contributed by atoms with E-state index in [0.717, 1.165) is 40.6 Å². The number of nitrogens with zero attached hydrogens (tertiary/aromatic N) is 6. The standard InChI is InChI=1S/C23H19N9O2/c33-22(29-34)16-10-24-23(25-11-16)32-7-6-20-18(12-32)17-9-14(4-5-19(17)26-20)13-2-1-3-15(8-13)21-27-30-31-28-21/h1-5,8-11,26,34H,6-7,12H2,(H,29,33)(H,27,28,30,31). The number of hydrogen-bond acceptors (Lipinski definition) is 8. The lowest BCUT2D eigenvalue weighted by atomic mass is 9.99. The zero-order valence-electron chi connectivity index (χ0n) is 17.9. The van der Waals surface area contributed by atoms with Gasteiger partial charge in [-0.1, -0.05) is 24.3 Å². The van der Waals surface area contributed by atoms with Crippen molar-refractivity contribution in [2.45, 2.75) is 13.0 Å². The van der Waals surface area contributed by atoms with E-state index < -0.39 is 5.91 Å². The lowest BCUT2D eigenvalue weighted by Crippen LogP contribution is -2.31. The summed E-state index contributed by atoms with van der Waals surface area (Å²) in [4.78, 5) is 25.8. The van der Waals surface area contributed by atoms with Crippen molar-refractivity contribution in [1.29, 1.82) is 0 Å². The quantitative estimate of drug-likeness (QED) is 0.240. The van der Waals surface area contributed by atoms with E-state index in [0.29, 0.717) is 18.3 Å². The average molecular weight is 453 g/mol. The number of rotatable bonds is 4. The van der Waals surface area contributed by atoms with Crippen LogP contribution in [0.15, 0.2) is 54.9 Å². The molecule has 6 rings (SSSR count). The number of aromatic nitrogens is 7. The molecule has 1 aliphatic rings. The van der Waals surface area contributed by atoms with Crippen LogP contribution in [0, 0.1) is 0 Å². The van der Waals surface area contributed by atoms with Crippen molar-refractivity contribution >= 4 is 22.8 Å². The number of hydroxylamine groups is 1. The molecule has 11 nitrogen and oxygen atoms in total. The Balaban J connectivity index is 1.33. The van der Waals surface area contributed by atoms with Crippen LogP contribution in [0.1, 0.15) is 21.6 Å². The topological polar surface area (TPSA) is 149 Å². The van der Waals surface area contributed by atoms with Crippen molar-refractivity contribution < 1.29 is 10.0 Å². The first kappa shape index (κ1) is 20.0. The van der Waals surface area contributed by atoms with Crippen molar-refractivity contribution in [2.24, 2.45) is 0 Å². The second-order valence-corrected chi connectivity index (χ2v) is 8.06. The van der Waals surface area contributed by atoms with E-state index in [4.69, 9.17) is 5.21 Å². The predicted octanol–water partition coefficient (Wildman–Crippen LogP) is 2.49. The minimum Gasteiger partial charge on any atom is -0.358 e. The third kappa shape index (κ3) is 3.44. The molecule has 34 heavy (non-hydrogen) atoms. The molecule has 0 atom stereocenters. The van der Waals surface area contributed by atoms with Gasteiger partial charge in [0.05, 0.1) is 5.56 Å². The number of amides is 1. The van der Waals surface area contributed by atoms with Crippen molar-refractivity contribution in [2.75, 3.05) is 11.4 Å². The van der Waals surface area contributed by atoms with Crippen molar-refractivity contribution in [1.82, 2.24) is 41.1 Å². The number of hydrogen-bond donors (Lipinski definition) is 4. The average Bonchev–Trinajstić information content (AvgIpc) is 3.56. The van der Waals surface area contributed by atoms with Gasteiger partial charge in [0, 0.05) is 59.6 Å². The van der Waals surface area contributed by atoms with E-state index >= 15 is 0 Å². The smallest absolute Gasteiger partial charge is 0.277 e. The maximum Gasteiger partial charge on any atom is 0.277 e. The summed E-state index contributed by atoms with van der Waals surface area (Å²) in [7, 11) is 0. The van der Waals surface area contributed by atoms with E-state index in [1.165, 1.54) is 23.7 Å². The molecule has 2 aromatic carbocycles. The number of tetrazole rings is 1. The molecule has 0 radical (unpaired) electrons. The monoisotopic (exact) mass is 453 g/mol. The Kier molecular flexibility index (Phi) is 4.73. The summed E-state index contributed by atoms with van der Waals surface area (Å²) >= 11 is 0. The minimum absolute atomic E-state index is 0.198. The highest BCUT2D eigenvalue weighted by molar-refractivity contribution is 5.93. The van der Waals surface area contributed by atoms with Gasteiger partial charge in [0.25, 0.3) is 5.91 Å². The van der Waals surface area contributed by atoms with Crippen LogP contribution >= 0.6 is 0 Å².